The number of carbonyl (C=O) groups is 2. The summed E-state index contributed by atoms with van der Waals surface area (Å²) < 4.78 is 1.56. The highest BCUT2D eigenvalue weighted by Crippen LogP contribution is 2.33. The van der Waals surface area contributed by atoms with Crippen LogP contribution in [0.15, 0.2) is 66.9 Å². The van der Waals surface area contributed by atoms with Crippen LogP contribution in [0.3, 0.4) is 0 Å². The molecule has 0 radical (unpaired) electrons. The largest absolute Gasteiger partial charge is 0.477 e. The molecule has 1 heterocycles. The predicted molar refractivity (Wildman–Crippen MR) is 143 cm³/mol. The summed E-state index contributed by atoms with van der Waals surface area (Å²) in [6.45, 7) is 8.05. The molecule has 0 saturated heterocycles. The molecular formula is C30H35N3O3. The van der Waals surface area contributed by atoms with E-state index in [-0.39, 0.29) is 29.2 Å². The fourth-order valence-electron chi connectivity index (χ4n) is 5.04. The Hall–Kier alpha value is -3.67. The number of benzene rings is 2. The summed E-state index contributed by atoms with van der Waals surface area (Å²) in [4.78, 5) is 27.3. The van der Waals surface area contributed by atoms with Gasteiger partial charge in [-0.1, -0.05) is 55.5 Å². The topological polar surface area (TPSA) is 75.4 Å². The Bertz CT molecular complexity index is 1230. The Labute approximate surface area is 213 Å². The maximum absolute atomic E-state index is 13.5. The van der Waals surface area contributed by atoms with E-state index in [1.165, 1.54) is 6.20 Å². The summed E-state index contributed by atoms with van der Waals surface area (Å²) in [6, 6.07) is 17.8. The molecule has 6 nitrogen and oxygen atoms in total. The average molecular weight is 486 g/mol. The van der Waals surface area contributed by atoms with E-state index < -0.39 is 5.97 Å². The Morgan fingerprint density at radius 3 is 2.17 bits per heavy atom. The van der Waals surface area contributed by atoms with E-state index in [4.69, 9.17) is 0 Å². The number of anilines is 1. The molecule has 36 heavy (non-hydrogen) atoms. The standard InChI is InChI=1S/C30H35N3O3/c1-5-26(22-9-7-6-8-10-22)23-15-17-25(18-16-23)32-19-27(30(35)36)28(31-32)33(20(2)3)29(34)24-13-11-21(4)12-14-24/h5-10,15-21,24H,11-14H2,1-4H3,(H,35,36). The van der Waals surface area contributed by atoms with E-state index in [0.717, 1.165) is 48.1 Å². The van der Waals surface area contributed by atoms with E-state index in [1.54, 1.807) is 9.58 Å². The molecule has 2 aromatic carbocycles. The van der Waals surface area contributed by atoms with Crippen molar-refractivity contribution in [2.24, 2.45) is 11.8 Å². The van der Waals surface area contributed by atoms with Crippen LogP contribution in [-0.4, -0.2) is 32.8 Å². The van der Waals surface area contributed by atoms with Gasteiger partial charge in [-0.2, -0.15) is 0 Å². The Kier molecular flexibility index (Phi) is 7.73. The van der Waals surface area contributed by atoms with Gasteiger partial charge in [0.1, 0.15) is 5.56 Å². The van der Waals surface area contributed by atoms with Crippen LogP contribution in [0.1, 0.15) is 74.9 Å². The van der Waals surface area contributed by atoms with E-state index >= 15 is 0 Å². The number of nitrogens with zero attached hydrogens (tertiary/aromatic N) is 3. The van der Waals surface area contributed by atoms with Crippen LogP contribution in [0.4, 0.5) is 5.82 Å². The normalized spacial score (nSPS) is 18.3. The Morgan fingerprint density at radius 1 is 1.00 bits per heavy atom. The molecule has 0 unspecified atom stereocenters. The first-order valence-corrected chi connectivity index (χ1v) is 12.8. The molecule has 6 heteroatoms. The molecule has 1 aromatic heterocycles. The summed E-state index contributed by atoms with van der Waals surface area (Å²) >= 11 is 0. The molecule has 3 aromatic rings. The van der Waals surface area contributed by atoms with Gasteiger partial charge in [0.25, 0.3) is 0 Å². The predicted octanol–water partition coefficient (Wildman–Crippen LogP) is 6.59. The van der Waals surface area contributed by atoms with Gasteiger partial charge in [0, 0.05) is 18.2 Å². The zero-order valence-corrected chi connectivity index (χ0v) is 21.5. The second-order valence-corrected chi connectivity index (χ2v) is 9.99. The molecule has 0 bridgehead atoms. The summed E-state index contributed by atoms with van der Waals surface area (Å²) in [5, 5.41) is 14.6. The van der Waals surface area contributed by atoms with E-state index in [9.17, 15) is 14.7 Å². The highest BCUT2D eigenvalue weighted by molar-refractivity contribution is 6.01. The minimum absolute atomic E-state index is 0.0272. The van der Waals surface area contributed by atoms with Crippen molar-refractivity contribution in [3.05, 3.63) is 83.6 Å². The van der Waals surface area contributed by atoms with Gasteiger partial charge in [-0.15, -0.1) is 5.10 Å². The van der Waals surface area contributed by atoms with E-state index in [2.05, 4.69) is 30.2 Å². The summed E-state index contributed by atoms with van der Waals surface area (Å²) in [7, 11) is 0. The molecular weight excluding hydrogens is 450 g/mol. The van der Waals surface area contributed by atoms with E-state index in [1.807, 2.05) is 63.2 Å². The Balaban J connectivity index is 1.66. The first kappa shape index (κ1) is 25.4. The van der Waals surface area contributed by atoms with Crippen molar-refractivity contribution in [3.63, 3.8) is 0 Å². The highest BCUT2D eigenvalue weighted by Gasteiger charge is 2.34. The third-order valence-electron chi connectivity index (χ3n) is 7.09. The number of hydrogen-bond donors (Lipinski definition) is 1. The second kappa shape index (κ2) is 10.9. The average Bonchev–Trinajstić information content (AvgIpc) is 3.31. The van der Waals surface area contributed by atoms with Crippen LogP contribution in [-0.2, 0) is 4.79 Å². The fourth-order valence-corrected chi connectivity index (χ4v) is 5.04. The maximum atomic E-state index is 13.5. The number of carboxylic acids is 1. The van der Waals surface area contributed by atoms with Gasteiger partial charge in [0.2, 0.25) is 5.91 Å². The number of amides is 1. The third kappa shape index (κ3) is 5.27. The number of aromatic carboxylic acids is 1. The molecule has 1 saturated carbocycles. The molecule has 1 aliphatic rings. The fraction of sp³-hybridized carbons (Fsp3) is 0.367. The molecule has 188 valence electrons. The third-order valence-corrected chi connectivity index (χ3v) is 7.09. The van der Waals surface area contributed by atoms with Crippen molar-refractivity contribution < 1.29 is 14.7 Å². The highest BCUT2D eigenvalue weighted by atomic mass is 16.4. The van der Waals surface area contributed by atoms with Crippen LogP contribution >= 0.6 is 0 Å². The summed E-state index contributed by atoms with van der Waals surface area (Å²) in [5.41, 5.74) is 4.07. The van der Waals surface area contributed by atoms with Gasteiger partial charge >= 0.3 is 5.97 Å². The van der Waals surface area contributed by atoms with Crippen molar-refractivity contribution in [3.8, 4) is 5.69 Å². The molecule has 1 N–H and O–H groups in total. The zero-order valence-electron chi connectivity index (χ0n) is 21.5. The molecule has 1 fully saturated rings. The van der Waals surface area contributed by atoms with Crippen molar-refractivity contribution in [2.45, 2.75) is 59.4 Å². The van der Waals surface area contributed by atoms with Crippen LogP contribution in [0, 0.1) is 11.8 Å². The summed E-state index contributed by atoms with van der Waals surface area (Å²) in [5.74, 6) is -0.372. The van der Waals surface area contributed by atoms with Crippen LogP contribution in [0.25, 0.3) is 11.3 Å². The van der Waals surface area contributed by atoms with Crippen LogP contribution in [0.2, 0.25) is 0 Å². The minimum atomic E-state index is -1.09. The Morgan fingerprint density at radius 2 is 1.61 bits per heavy atom. The number of carbonyl (C=O) groups excluding carboxylic acids is 1. The quantitative estimate of drug-likeness (QED) is 0.410. The summed E-state index contributed by atoms with van der Waals surface area (Å²) in [6.07, 6.45) is 7.30. The second-order valence-electron chi connectivity index (χ2n) is 9.99. The number of aromatic nitrogens is 2. The van der Waals surface area contributed by atoms with Crippen LogP contribution in [0.5, 0.6) is 0 Å². The minimum Gasteiger partial charge on any atom is -0.477 e. The number of rotatable bonds is 7. The van der Waals surface area contributed by atoms with E-state index in [0.29, 0.717) is 5.92 Å². The molecule has 0 atom stereocenters. The van der Waals surface area contributed by atoms with Gasteiger partial charge in [0.05, 0.1) is 5.69 Å². The SMILES string of the molecule is CC=C(c1ccccc1)c1ccc(-n2cc(C(=O)O)c(N(C(=O)C3CCC(C)CC3)C(C)C)n2)cc1. The maximum Gasteiger partial charge on any atom is 0.341 e. The molecule has 1 aliphatic carbocycles. The number of carboxylic acid groups (broad SMARTS) is 1. The zero-order chi connectivity index (χ0) is 25.8. The van der Waals surface area contributed by atoms with Gasteiger partial charge in [-0.05, 0) is 81.2 Å². The van der Waals surface area contributed by atoms with Crippen molar-refractivity contribution in [1.29, 1.82) is 0 Å². The van der Waals surface area contributed by atoms with Gasteiger partial charge in [-0.3, -0.25) is 9.69 Å². The molecule has 1 amide bonds. The lowest BCUT2D eigenvalue weighted by molar-refractivity contribution is -0.124. The van der Waals surface area contributed by atoms with Crippen molar-refractivity contribution in [2.75, 3.05) is 4.90 Å². The number of hydrogen-bond acceptors (Lipinski definition) is 3. The van der Waals surface area contributed by atoms with Gasteiger partial charge in [-0.25, -0.2) is 9.48 Å². The molecule has 0 aliphatic heterocycles. The van der Waals surface area contributed by atoms with Crippen molar-refractivity contribution >= 4 is 23.3 Å². The lowest BCUT2D eigenvalue weighted by Crippen LogP contribution is -2.43. The monoisotopic (exact) mass is 485 g/mol. The van der Waals surface area contributed by atoms with Gasteiger partial charge in [0.15, 0.2) is 5.82 Å². The lowest BCUT2D eigenvalue weighted by Gasteiger charge is -2.32. The lowest BCUT2D eigenvalue weighted by atomic mass is 9.82. The van der Waals surface area contributed by atoms with Gasteiger partial charge < -0.3 is 5.11 Å². The number of allylic oxidation sites excluding steroid dienone is 1. The molecule has 4 rings (SSSR count). The molecule has 0 spiro atoms. The first-order valence-electron chi connectivity index (χ1n) is 12.8. The van der Waals surface area contributed by atoms with Crippen molar-refractivity contribution in [1.82, 2.24) is 9.78 Å². The first-order chi connectivity index (χ1) is 17.3. The smallest absolute Gasteiger partial charge is 0.341 e. The van der Waals surface area contributed by atoms with Crippen LogP contribution < -0.4 is 4.90 Å².